The summed E-state index contributed by atoms with van der Waals surface area (Å²) in [6.45, 7) is 3.18. The second-order valence-electron chi connectivity index (χ2n) is 11.1. The Bertz CT molecular complexity index is 1570. The Kier molecular flexibility index (Phi) is 8.51. The molecular formula is C32H34F2N4O8. The molecule has 0 radical (unpaired) electrons. The van der Waals surface area contributed by atoms with Gasteiger partial charge in [0.05, 0.1) is 51.7 Å². The maximum Gasteiger partial charge on any atom is 0.511 e. The van der Waals surface area contributed by atoms with Gasteiger partial charge >= 0.3 is 6.16 Å². The summed E-state index contributed by atoms with van der Waals surface area (Å²) < 4.78 is 64.4. The van der Waals surface area contributed by atoms with Crippen LogP contribution in [0.3, 0.4) is 0 Å². The molecule has 244 valence electrons. The van der Waals surface area contributed by atoms with Gasteiger partial charge in [-0.15, -0.1) is 0 Å². The number of nitrogens with zero attached hydrogens (tertiary/aromatic N) is 4. The molecule has 0 saturated carbocycles. The van der Waals surface area contributed by atoms with E-state index in [1.54, 1.807) is 35.2 Å². The molecule has 5 aliphatic rings. The number of hydrogen-bond acceptors (Lipinski definition) is 11. The molecule has 0 spiro atoms. The van der Waals surface area contributed by atoms with Gasteiger partial charge in [0.1, 0.15) is 12.8 Å². The monoisotopic (exact) mass is 640 g/mol. The van der Waals surface area contributed by atoms with Crippen molar-refractivity contribution in [1.82, 2.24) is 14.9 Å². The van der Waals surface area contributed by atoms with Gasteiger partial charge in [0.2, 0.25) is 6.79 Å². The van der Waals surface area contributed by atoms with E-state index in [1.807, 2.05) is 29.3 Å². The van der Waals surface area contributed by atoms with Crippen LogP contribution >= 0.6 is 0 Å². The molecular weight excluding hydrogens is 606 g/mol. The molecule has 5 heterocycles. The number of amides is 1. The minimum atomic E-state index is -0.952. The molecule has 0 N–H and O–H groups in total. The Labute approximate surface area is 264 Å². The van der Waals surface area contributed by atoms with Crippen molar-refractivity contribution in [2.24, 2.45) is 0 Å². The van der Waals surface area contributed by atoms with Gasteiger partial charge in [0.25, 0.3) is 5.91 Å². The van der Waals surface area contributed by atoms with Crippen LogP contribution in [0, 0.1) is 11.6 Å². The molecule has 0 aromatic heterocycles. The van der Waals surface area contributed by atoms with Crippen molar-refractivity contribution in [2.75, 3.05) is 71.0 Å². The summed E-state index contributed by atoms with van der Waals surface area (Å²) in [5.74, 6) is -2.10. The molecule has 1 amide bonds. The molecule has 14 heteroatoms. The molecule has 2 aromatic carbocycles. The second kappa shape index (κ2) is 12.9. The fourth-order valence-corrected chi connectivity index (χ4v) is 6.81. The fraction of sp³-hybridized carbons (Fsp3) is 0.438. The maximum absolute atomic E-state index is 16.1. The first-order valence-electron chi connectivity index (χ1n) is 15.3. The number of para-hydroxylation sites is 1. The van der Waals surface area contributed by atoms with Crippen LogP contribution in [0.5, 0.6) is 0 Å². The number of ether oxygens (including phenoxy) is 6. The number of hydrogen-bond donors (Lipinski definition) is 0. The summed E-state index contributed by atoms with van der Waals surface area (Å²) in [7, 11) is 0. The molecule has 3 atom stereocenters. The topological polar surface area (TPSA) is 102 Å². The van der Waals surface area contributed by atoms with E-state index in [9.17, 15) is 9.59 Å². The van der Waals surface area contributed by atoms with Crippen LogP contribution in [0.1, 0.15) is 35.7 Å². The summed E-state index contributed by atoms with van der Waals surface area (Å²) in [5.41, 5.74) is 2.54. The summed E-state index contributed by atoms with van der Waals surface area (Å²) in [6.07, 6.45) is 1.93. The van der Waals surface area contributed by atoms with Crippen LogP contribution < -0.4 is 4.90 Å². The number of rotatable bonds is 5. The summed E-state index contributed by atoms with van der Waals surface area (Å²) in [6, 6.07) is 9.22. The minimum Gasteiger partial charge on any atom is -0.457 e. The second-order valence-corrected chi connectivity index (χ2v) is 11.1. The van der Waals surface area contributed by atoms with Crippen LogP contribution in [-0.4, -0.2) is 99.3 Å². The van der Waals surface area contributed by atoms with Crippen LogP contribution in [0.2, 0.25) is 0 Å². The number of anilines is 1. The third-order valence-electron chi connectivity index (χ3n) is 8.71. The highest BCUT2D eigenvalue weighted by atomic mass is 19.2. The third-order valence-corrected chi connectivity index (χ3v) is 8.71. The summed E-state index contributed by atoms with van der Waals surface area (Å²) >= 11 is 0. The van der Waals surface area contributed by atoms with Gasteiger partial charge in [-0.2, -0.15) is 5.01 Å². The minimum absolute atomic E-state index is 0.0954. The molecule has 0 bridgehead atoms. The van der Waals surface area contributed by atoms with Gasteiger partial charge in [0.15, 0.2) is 23.1 Å². The first-order chi connectivity index (χ1) is 22.5. The van der Waals surface area contributed by atoms with E-state index in [-0.39, 0.29) is 62.5 Å². The SMILES string of the molecule is CCOC(=O)OCO/C1=C2\C(=O)N3CCOC[C@H]3N([C@@H]3c4ccccc4N4CCOCC4c4c3ccc(F)c4F)N2/C=C\COC1. The Balaban J connectivity index is 1.42. The van der Waals surface area contributed by atoms with Gasteiger partial charge < -0.3 is 38.2 Å². The van der Waals surface area contributed by atoms with Crippen LogP contribution in [-0.2, 0) is 33.2 Å². The standard InChI is InChI=1S/C32H34F2N4O8/c1-2-44-32(40)46-19-45-25-17-41-13-5-10-37-30(25)31(39)36-12-15-43-18-26(36)38(37)29-20-6-3-4-7-23(20)35-11-14-42-16-24(35)27-21(29)8-9-22(33)28(27)34/h3-10,24,26,29H,2,11-19H2,1H3/b10-5-,30-25+/t24?,26-,29-/m1/s1. The Hall–Kier alpha value is -4.24. The molecule has 7 rings (SSSR count). The van der Waals surface area contributed by atoms with Gasteiger partial charge in [-0.05, 0) is 36.3 Å². The van der Waals surface area contributed by atoms with Crippen molar-refractivity contribution in [3.8, 4) is 0 Å². The van der Waals surface area contributed by atoms with Crippen LogP contribution in [0.25, 0.3) is 0 Å². The number of benzene rings is 2. The lowest BCUT2D eigenvalue weighted by Gasteiger charge is -2.54. The van der Waals surface area contributed by atoms with E-state index < -0.39 is 42.8 Å². The summed E-state index contributed by atoms with van der Waals surface area (Å²) in [5, 5.41) is 3.65. The molecule has 1 unspecified atom stereocenters. The zero-order valence-corrected chi connectivity index (χ0v) is 25.2. The number of carbonyl (C=O) groups is 2. The Morgan fingerprint density at radius 1 is 0.978 bits per heavy atom. The first kappa shape index (κ1) is 30.4. The number of halogens is 2. The van der Waals surface area contributed by atoms with Gasteiger partial charge in [-0.3, -0.25) is 9.80 Å². The van der Waals surface area contributed by atoms with Crippen molar-refractivity contribution >= 4 is 17.7 Å². The lowest BCUT2D eigenvalue weighted by atomic mass is 9.91. The maximum atomic E-state index is 16.1. The van der Waals surface area contributed by atoms with E-state index in [4.69, 9.17) is 28.4 Å². The molecule has 12 nitrogen and oxygen atoms in total. The lowest BCUT2D eigenvalue weighted by molar-refractivity contribution is -0.190. The van der Waals surface area contributed by atoms with Crippen molar-refractivity contribution < 1.29 is 46.8 Å². The molecule has 2 aromatic rings. The predicted molar refractivity (Wildman–Crippen MR) is 157 cm³/mol. The van der Waals surface area contributed by atoms with E-state index in [2.05, 4.69) is 4.90 Å². The average molecular weight is 641 g/mol. The first-order valence-corrected chi connectivity index (χ1v) is 15.3. The largest absolute Gasteiger partial charge is 0.511 e. The Morgan fingerprint density at radius 2 is 1.78 bits per heavy atom. The zero-order chi connectivity index (χ0) is 31.8. The molecule has 3 fully saturated rings. The molecule has 0 aliphatic carbocycles. The smallest absolute Gasteiger partial charge is 0.457 e. The molecule has 5 aliphatic heterocycles. The lowest BCUT2D eigenvalue weighted by Crippen LogP contribution is -2.67. The van der Waals surface area contributed by atoms with Crippen molar-refractivity contribution in [2.45, 2.75) is 25.2 Å². The quantitative estimate of drug-likeness (QED) is 0.354. The zero-order valence-electron chi connectivity index (χ0n) is 25.2. The van der Waals surface area contributed by atoms with Crippen LogP contribution in [0.15, 0.2) is 60.1 Å². The van der Waals surface area contributed by atoms with Crippen molar-refractivity contribution in [1.29, 1.82) is 0 Å². The number of carbonyl (C=O) groups excluding carboxylic acids is 2. The third kappa shape index (κ3) is 5.24. The van der Waals surface area contributed by atoms with Crippen molar-refractivity contribution in [3.63, 3.8) is 0 Å². The van der Waals surface area contributed by atoms with Crippen LogP contribution in [0.4, 0.5) is 19.3 Å². The van der Waals surface area contributed by atoms with Gasteiger partial charge in [-0.25, -0.2) is 13.6 Å². The average Bonchev–Trinajstić information content (AvgIpc) is 3.18. The van der Waals surface area contributed by atoms with E-state index in [0.717, 1.165) is 17.3 Å². The van der Waals surface area contributed by atoms with Crippen molar-refractivity contribution in [3.05, 3.63) is 88.5 Å². The number of morpholine rings is 2. The Morgan fingerprint density at radius 3 is 2.63 bits per heavy atom. The highest BCUT2D eigenvalue weighted by molar-refractivity contribution is 5.94. The highest BCUT2D eigenvalue weighted by Gasteiger charge is 2.51. The van der Waals surface area contributed by atoms with Gasteiger partial charge in [-0.1, -0.05) is 24.3 Å². The normalized spacial score (nSPS) is 26.7. The van der Waals surface area contributed by atoms with E-state index in [1.165, 1.54) is 0 Å². The molecule has 3 saturated heterocycles. The number of fused-ring (bicyclic) bond motifs is 7. The predicted octanol–water partition coefficient (Wildman–Crippen LogP) is 3.57. The molecule has 46 heavy (non-hydrogen) atoms. The van der Waals surface area contributed by atoms with E-state index in [0.29, 0.717) is 25.3 Å². The highest BCUT2D eigenvalue weighted by Crippen LogP contribution is 2.49. The number of hydrazine groups is 1. The van der Waals surface area contributed by atoms with E-state index >= 15 is 8.78 Å². The fourth-order valence-electron chi connectivity index (χ4n) is 6.81. The summed E-state index contributed by atoms with van der Waals surface area (Å²) in [4.78, 5) is 29.9. The van der Waals surface area contributed by atoms with Gasteiger partial charge in [0, 0.05) is 30.5 Å².